The minimum absolute atomic E-state index is 0.156. The first-order chi connectivity index (χ1) is 10.0. The predicted molar refractivity (Wildman–Crippen MR) is 78.6 cm³/mol. The van der Waals surface area contributed by atoms with E-state index >= 15 is 0 Å². The quantitative estimate of drug-likeness (QED) is 0.893. The van der Waals surface area contributed by atoms with Gasteiger partial charge in [0.2, 0.25) is 5.91 Å². The maximum absolute atomic E-state index is 14.2. The largest absolute Gasteiger partial charge is 0.490 e. The van der Waals surface area contributed by atoms with Crippen molar-refractivity contribution in [3.05, 3.63) is 28.9 Å². The summed E-state index contributed by atoms with van der Waals surface area (Å²) in [6.07, 6.45) is 0.606. The van der Waals surface area contributed by atoms with Crippen molar-refractivity contribution in [3.63, 3.8) is 0 Å². The number of anilines is 1. The fraction of sp³-hybridized carbons (Fsp3) is 0.286. The lowest BCUT2D eigenvalue weighted by atomic mass is 9.97. The summed E-state index contributed by atoms with van der Waals surface area (Å²) in [7, 11) is 0. The van der Waals surface area contributed by atoms with Crippen LogP contribution in [0, 0.1) is 5.82 Å². The van der Waals surface area contributed by atoms with Crippen molar-refractivity contribution in [2.45, 2.75) is 19.4 Å². The number of ether oxygens (including phenoxy) is 1. The smallest absolute Gasteiger partial charge is 0.217 e. The topological polar surface area (TPSA) is 77.2 Å². The van der Waals surface area contributed by atoms with Crippen LogP contribution in [0.25, 0.3) is 11.3 Å². The van der Waals surface area contributed by atoms with E-state index < -0.39 is 5.82 Å². The zero-order valence-corrected chi connectivity index (χ0v) is 12.2. The molecular weight excluding hydrogens is 293 g/mol. The molecule has 0 spiro atoms. The molecule has 110 valence electrons. The molecule has 1 amide bonds. The molecule has 0 saturated carbocycles. The van der Waals surface area contributed by atoms with E-state index in [1.807, 2.05) is 0 Å². The second-order valence-corrected chi connectivity index (χ2v) is 5.73. The second-order valence-electron chi connectivity index (χ2n) is 4.84. The van der Waals surface area contributed by atoms with E-state index in [0.717, 1.165) is 0 Å². The summed E-state index contributed by atoms with van der Waals surface area (Å²) in [5.41, 5.74) is 7.50. The van der Waals surface area contributed by atoms with E-state index in [1.54, 1.807) is 11.4 Å². The van der Waals surface area contributed by atoms with Gasteiger partial charge in [-0.1, -0.05) is 0 Å². The van der Waals surface area contributed by atoms with Crippen LogP contribution in [0.2, 0.25) is 0 Å². The Morgan fingerprint density at radius 3 is 3.05 bits per heavy atom. The molecule has 1 atom stereocenters. The van der Waals surface area contributed by atoms with Crippen molar-refractivity contribution in [2.75, 3.05) is 12.3 Å². The number of benzene rings is 1. The Hall–Kier alpha value is -2.15. The number of thiazole rings is 1. The van der Waals surface area contributed by atoms with Crippen LogP contribution in [0.3, 0.4) is 0 Å². The number of rotatable bonds is 2. The Kier molecular flexibility index (Phi) is 3.50. The third-order valence-corrected chi connectivity index (χ3v) is 3.97. The molecule has 2 heterocycles. The molecule has 5 nitrogen and oxygen atoms in total. The number of nitrogen functional groups attached to an aromatic ring is 1. The van der Waals surface area contributed by atoms with Crippen molar-refractivity contribution in [2.24, 2.45) is 0 Å². The van der Waals surface area contributed by atoms with Gasteiger partial charge < -0.3 is 15.8 Å². The van der Waals surface area contributed by atoms with E-state index in [1.165, 1.54) is 24.3 Å². The van der Waals surface area contributed by atoms with Crippen molar-refractivity contribution in [1.29, 1.82) is 0 Å². The Morgan fingerprint density at radius 2 is 2.38 bits per heavy atom. The SMILES string of the molecule is CC(=O)NC1CCOc2c(F)cc(-c3csc(N)n3)cc21. The van der Waals surface area contributed by atoms with Gasteiger partial charge in [-0.15, -0.1) is 11.3 Å². The number of amides is 1. The van der Waals surface area contributed by atoms with Crippen LogP contribution in [-0.4, -0.2) is 17.5 Å². The summed E-state index contributed by atoms with van der Waals surface area (Å²) >= 11 is 1.30. The van der Waals surface area contributed by atoms with Crippen molar-refractivity contribution >= 4 is 22.4 Å². The molecule has 0 radical (unpaired) electrons. The number of carbonyl (C=O) groups excluding carboxylic acids is 1. The predicted octanol–water partition coefficient (Wildman–Crippen LogP) is 2.49. The average Bonchev–Trinajstić information content (AvgIpc) is 2.85. The molecule has 1 aromatic carbocycles. The van der Waals surface area contributed by atoms with Gasteiger partial charge in [-0.05, 0) is 12.1 Å². The van der Waals surface area contributed by atoms with Gasteiger partial charge in [0.25, 0.3) is 0 Å². The number of hydrogen-bond donors (Lipinski definition) is 2. The molecule has 1 aromatic heterocycles. The fourth-order valence-electron chi connectivity index (χ4n) is 2.42. The highest BCUT2D eigenvalue weighted by molar-refractivity contribution is 7.13. The van der Waals surface area contributed by atoms with Crippen molar-refractivity contribution in [1.82, 2.24) is 10.3 Å². The van der Waals surface area contributed by atoms with Crippen LogP contribution in [0.5, 0.6) is 5.75 Å². The number of fused-ring (bicyclic) bond motifs is 1. The van der Waals surface area contributed by atoms with Gasteiger partial charge in [-0.2, -0.15) is 0 Å². The molecule has 3 N–H and O–H groups in total. The van der Waals surface area contributed by atoms with Gasteiger partial charge in [0, 0.05) is 29.9 Å². The number of nitrogens with zero attached hydrogens (tertiary/aromatic N) is 1. The number of hydrogen-bond acceptors (Lipinski definition) is 5. The Balaban J connectivity index is 2.06. The molecule has 0 fully saturated rings. The van der Waals surface area contributed by atoms with Gasteiger partial charge in [-0.25, -0.2) is 9.37 Å². The van der Waals surface area contributed by atoms with Gasteiger partial charge in [0.05, 0.1) is 18.3 Å². The lowest BCUT2D eigenvalue weighted by Gasteiger charge is -2.27. The average molecular weight is 307 g/mol. The molecule has 1 aliphatic heterocycles. The van der Waals surface area contributed by atoms with Crippen LogP contribution < -0.4 is 15.8 Å². The summed E-state index contributed by atoms with van der Waals surface area (Å²) in [5.74, 6) is -0.410. The van der Waals surface area contributed by atoms with Crippen LogP contribution in [0.15, 0.2) is 17.5 Å². The highest BCUT2D eigenvalue weighted by atomic mass is 32.1. The monoisotopic (exact) mass is 307 g/mol. The maximum Gasteiger partial charge on any atom is 0.217 e. The normalized spacial score (nSPS) is 17.0. The lowest BCUT2D eigenvalue weighted by Crippen LogP contribution is -2.30. The third kappa shape index (κ3) is 2.69. The van der Waals surface area contributed by atoms with Gasteiger partial charge in [-0.3, -0.25) is 4.79 Å². The highest BCUT2D eigenvalue weighted by Crippen LogP contribution is 2.38. The van der Waals surface area contributed by atoms with Crippen LogP contribution in [0.1, 0.15) is 24.9 Å². The molecular formula is C14H14FN3O2S. The molecule has 3 rings (SSSR count). The minimum Gasteiger partial charge on any atom is -0.490 e. The number of carbonyl (C=O) groups is 1. The van der Waals surface area contributed by atoms with Gasteiger partial charge in [0.15, 0.2) is 16.7 Å². The summed E-state index contributed by atoms with van der Waals surface area (Å²) in [6, 6.07) is 2.92. The van der Waals surface area contributed by atoms with E-state index in [4.69, 9.17) is 10.5 Å². The standard InChI is InChI=1S/C14H14FN3O2S/c1-7(19)17-11-2-3-20-13-9(11)4-8(5-10(13)15)12-6-21-14(16)18-12/h4-6,11H,2-3H2,1H3,(H2,16,18)(H,17,19). The first kappa shape index (κ1) is 13.8. The molecule has 2 aromatic rings. The molecule has 1 unspecified atom stereocenters. The first-order valence-corrected chi connectivity index (χ1v) is 7.37. The van der Waals surface area contributed by atoms with E-state index in [-0.39, 0.29) is 17.7 Å². The zero-order valence-electron chi connectivity index (χ0n) is 11.4. The number of nitrogens with one attached hydrogen (secondary N) is 1. The van der Waals surface area contributed by atoms with Crippen molar-refractivity contribution < 1.29 is 13.9 Å². The maximum atomic E-state index is 14.2. The summed E-state index contributed by atoms with van der Waals surface area (Å²) in [4.78, 5) is 15.5. The molecule has 0 aliphatic carbocycles. The van der Waals surface area contributed by atoms with Crippen LogP contribution in [-0.2, 0) is 4.79 Å². The number of halogens is 1. The zero-order chi connectivity index (χ0) is 15.0. The minimum atomic E-state index is -0.455. The third-order valence-electron chi connectivity index (χ3n) is 3.30. The highest BCUT2D eigenvalue weighted by Gasteiger charge is 2.26. The second kappa shape index (κ2) is 5.33. The van der Waals surface area contributed by atoms with E-state index in [9.17, 15) is 9.18 Å². The first-order valence-electron chi connectivity index (χ1n) is 6.49. The van der Waals surface area contributed by atoms with Gasteiger partial charge in [0.1, 0.15) is 0 Å². The molecule has 0 bridgehead atoms. The summed E-state index contributed by atoms with van der Waals surface area (Å²) in [6.45, 7) is 1.81. The Labute approximate surface area is 124 Å². The summed E-state index contributed by atoms with van der Waals surface area (Å²) in [5, 5.41) is 5.02. The lowest BCUT2D eigenvalue weighted by molar-refractivity contribution is -0.119. The fourth-order valence-corrected chi connectivity index (χ4v) is 3.00. The van der Waals surface area contributed by atoms with Crippen LogP contribution >= 0.6 is 11.3 Å². The van der Waals surface area contributed by atoms with Crippen LogP contribution in [0.4, 0.5) is 9.52 Å². The Morgan fingerprint density at radius 1 is 1.57 bits per heavy atom. The van der Waals surface area contributed by atoms with E-state index in [0.29, 0.717) is 35.0 Å². The molecule has 0 saturated heterocycles. The molecule has 1 aliphatic rings. The number of aromatic nitrogens is 1. The van der Waals surface area contributed by atoms with E-state index in [2.05, 4.69) is 10.3 Å². The molecule has 7 heteroatoms. The van der Waals surface area contributed by atoms with Gasteiger partial charge >= 0.3 is 0 Å². The van der Waals surface area contributed by atoms with Crippen molar-refractivity contribution in [3.8, 4) is 17.0 Å². The number of nitrogens with two attached hydrogens (primary N) is 1. The summed E-state index contributed by atoms with van der Waals surface area (Å²) < 4.78 is 19.6. The Bertz CT molecular complexity index is 702. The molecule has 21 heavy (non-hydrogen) atoms.